The molecular formula is C24H20FN3O3S. The molecule has 32 heavy (non-hydrogen) atoms. The molecule has 1 heterocycles. The number of ether oxygens (including phenoxy) is 1. The number of benzene rings is 3. The molecule has 3 aromatic carbocycles. The van der Waals surface area contributed by atoms with Crippen LogP contribution in [-0.4, -0.2) is 27.8 Å². The van der Waals surface area contributed by atoms with E-state index < -0.39 is 11.1 Å². The molecule has 0 aliphatic rings. The largest absolute Gasteiger partial charge is 0.497 e. The second-order valence-corrected chi connectivity index (χ2v) is 8.32. The first kappa shape index (κ1) is 21.6. The molecule has 8 heteroatoms. The second kappa shape index (κ2) is 9.23. The zero-order valence-electron chi connectivity index (χ0n) is 17.4. The van der Waals surface area contributed by atoms with Crippen molar-refractivity contribution in [3.8, 4) is 11.4 Å². The third kappa shape index (κ3) is 4.50. The molecule has 0 aliphatic carbocycles. The van der Waals surface area contributed by atoms with Crippen LogP contribution in [0, 0.1) is 5.82 Å². The lowest BCUT2D eigenvalue weighted by atomic mass is 10.2. The summed E-state index contributed by atoms with van der Waals surface area (Å²) >= 11 is 1.15. The summed E-state index contributed by atoms with van der Waals surface area (Å²) in [6, 6.07) is 19.8. The predicted molar refractivity (Wildman–Crippen MR) is 124 cm³/mol. The lowest BCUT2D eigenvalue weighted by Gasteiger charge is -2.17. The van der Waals surface area contributed by atoms with Crippen LogP contribution in [0.3, 0.4) is 0 Å². The number of thioether (sulfide) groups is 1. The zero-order chi connectivity index (χ0) is 22.7. The van der Waals surface area contributed by atoms with Gasteiger partial charge in [-0.3, -0.25) is 14.2 Å². The van der Waals surface area contributed by atoms with E-state index in [9.17, 15) is 14.0 Å². The molecule has 1 amide bonds. The maximum Gasteiger partial charge on any atom is 0.266 e. The molecule has 162 valence electrons. The standard InChI is InChI=1S/C24H20FN3O3S/c1-15(22(29)26-17-7-5-6-16(25)14-17)32-24-27-21-9-4-3-8-20(21)23(30)28(24)18-10-12-19(31-2)13-11-18/h3-15H,1-2H3,(H,26,29). The number of methoxy groups -OCH3 is 1. The van der Waals surface area contributed by atoms with Crippen LogP contribution >= 0.6 is 11.8 Å². The third-order valence-corrected chi connectivity index (χ3v) is 5.87. The van der Waals surface area contributed by atoms with E-state index in [1.807, 2.05) is 0 Å². The molecule has 1 unspecified atom stereocenters. The number of hydrogen-bond donors (Lipinski definition) is 1. The Kier molecular flexibility index (Phi) is 6.23. The summed E-state index contributed by atoms with van der Waals surface area (Å²) in [5.41, 5.74) is 1.28. The van der Waals surface area contributed by atoms with Gasteiger partial charge in [0.25, 0.3) is 5.56 Å². The number of amides is 1. The van der Waals surface area contributed by atoms with Crippen LogP contribution in [0.1, 0.15) is 6.92 Å². The van der Waals surface area contributed by atoms with E-state index >= 15 is 0 Å². The SMILES string of the molecule is COc1ccc(-n2c(SC(C)C(=O)Nc3cccc(F)c3)nc3ccccc3c2=O)cc1. The van der Waals surface area contributed by atoms with Crippen molar-refractivity contribution in [2.75, 3.05) is 12.4 Å². The molecule has 0 radical (unpaired) electrons. The fourth-order valence-corrected chi connectivity index (χ4v) is 4.10. The molecule has 6 nitrogen and oxygen atoms in total. The molecule has 0 bridgehead atoms. The Hall–Kier alpha value is -3.65. The molecule has 0 spiro atoms. The Labute approximate surface area is 188 Å². The van der Waals surface area contributed by atoms with Crippen LogP contribution in [-0.2, 0) is 4.79 Å². The molecule has 0 saturated carbocycles. The predicted octanol–water partition coefficient (Wildman–Crippen LogP) is 4.65. The van der Waals surface area contributed by atoms with Gasteiger partial charge in [0.05, 0.1) is 29.0 Å². The Morgan fingerprint density at radius 2 is 1.84 bits per heavy atom. The van der Waals surface area contributed by atoms with Gasteiger partial charge in [-0.05, 0) is 61.5 Å². The van der Waals surface area contributed by atoms with Crippen molar-refractivity contribution in [2.24, 2.45) is 0 Å². The normalized spacial score (nSPS) is 11.8. The molecule has 0 saturated heterocycles. The van der Waals surface area contributed by atoms with E-state index in [0.717, 1.165) is 11.8 Å². The number of halogens is 1. The van der Waals surface area contributed by atoms with Crippen molar-refractivity contribution in [3.63, 3.8) is 0 Å². The van der Waals surface area contributed by atoms with Gasteiger partial charge in [0.15, 0.2) is 5.16 Å². The number of carbonyl (C=O) groups is 1. The Balaban J connectivity index is 1.71. The smallest absolute Gasteiger partial charge is 0.266 e. The van der Waals surface area contributed by atoms with E-state index in [1.54, 1.807) is 68.6 Å². The number of rotatable bonds is 6. The van der Waals surface area contributed by atoms with Crippen LogP contribution in [0.15, 0.2) is 82.7 Å². The van der Waals surface area contributed by atoms with Crippen LogP contribution in [0.2, 0.25) is 0 Å². The molecular weight excluding hydrogens is 429 g/mol. The van der Waals surface area contributed by atoms with Crippen molar-refractivity contribution in [1.82, 2.24) is 9.55 Å². The van der Waals surface area contributed by atoms with Crippen molar-refractivity contribution in [1.29, 1.82) is 0 Å². The van der Waals surface area contributed by atoms with Crippen molar-refractivity contribution in [2.45, 2.75) is 17.3 Å². The molecule has 0 fully saturated rings. The van der Waals surface area contributed by atoms with Crippen LogP contribution < -0.4 is 15.6 Å². The maximum atomic E-state index is 13.4. The lowest BCUT2D eigenvalue weighted by molar-refractivity contribution is -0.115. The van der Waals surface area contributed by atoms with Gasteiger partial charge in [-0.25, -0.2) is 9.37 Å². The first-order valence-corrected chi connectivity index (χ1v) is 10.7. The van der Waals surface area contributed by atoms with E-state index in [1.165, 1.54) is 22.8 Å². The van der Waals surface area contributed by atoms with Crippen molar-refractivity contribution >= 4 is 34.3 Å². The number of nitrogens with one attached hydrogen (secondary N) is 1. The minimum Gasteiger partial charge on any atom is -0.497 e. The fourth-order valence-electron chi connectivity index (χ4n) is 3.17. The summed E-state index contributed by atoms with van der Waals surface area (Å²) in [5, 5.41) is 2.95. The number of carbonyl (C=O) groups excluding carboxylic acids is 1. The van der Waals surface area contributed by atoms with E-state index in [0.29, 0.717) is 33.2 Å². The van der Waals surface area contributed by atoms with Gasteiger partial charge in [-0.1, -0.05) is 30.0 Å². The highest BCUT2D eigenvalue weighted by Crippen LogP contribution is 2.26. The van der Waals surface area contributed by atoms with Gasteiger partial charge < -0.3 is 10.1 Å². The van der Waals surface area contributed by atoms with E-state index in [-0.39, 0.29) is 11.5 Å². The molecule has 1 atom stereocenters. The number of aromatic nitrogens is 2. The molecule has 0 aliphatic heterocycles. The second-order valence-electron chi connectivity index (χ2n) is 7.01. The van der Waals surface area contributed by atoms with Crippen molar-refractivity contribution < 1.29 is 13.9 Å². The summed E-state index contributed by atoms with van der Waals surface area (Å²) in [7, 11) is 1.57. The summed E-state index contributed by atoms with van der Waals surface area (Å²) in [4.78, 5) is 30.7. The molecule has 4 aromatic rings. The number of fused-ring (bicyclic) bond motifs is 1. The average molecular weight is 450 g/mol. The van der Waals surface area contributed by atoms with Crippen molar-refractivity contribution in [3.05, 3.63) is 89.0 Å². The van der Waals surface area contributed by atoms with Gasteiger partial charge in [0.2, 0.25) is 5.91 Å². The first-order chi connectivity index (χ1) is 15.5. The Morgan fingerprint density at radius 1 is 1.09 bits per heavy atom. The van der Waals surface area contributed by atoms with Crippen LogP contribution in [0.4, 0.5) is 10.1 Å². The van der Waals surface area contributed by atoms with Gasteiger partial charge in [-0.2, -0.15) is 0 Å². The highest BCUT2D eigenvalue weighted by molar-refractivity contribution is 8.00. The summed E-state index contributed by atoms with van der Waals surface area (Å²) in [5.74, 6) is -0.107. The maximum absolute atomic E-state index is 13.4. The van der Waals surface area contributed by atoms with Gasteiger partial charge in [0, 0.05) is 5.69 Å². The molecule has 1 N–H and O–H groups in total. The number of nitrogens with zero attached hydrogens (tertiary/aromatic N) is 2. The monoisotopic (exact) mass is 449 g/mol. The minimum atomic E-state index is -0.601. The average Bonchev–Trinajstić information content (AvgIpc) is 2.79. The third-order valence-electron chi connectivity index (χ3n) is 4.82. The van der Waals surface area contributed by atoms with Gasteiger partial charge in [-0.15, -0.1) is 0 Å². The summed E-state index contributed by atoms with van der Waals surface area (Å²) in [6.07, 6.45) is 0. The van der Waals surface area contributed by atoms with E-state index in [2.05, 4.69) is 10.3 Å². The summed E-state index contributed by atoms with van der Waals surface area (Å²) in [6.45, 7) is 1.71. The first-order valence-electron chi connectivity index (χ1n) is 9.85. The number of hydrogen-bond acceptors (Lipinski definition) is 5. The minimum absolute atomic E-state index is 0.235. The van der Waals surface area contributed by atoms with Crippen LogP contribution in [0.5, 0.6) is 5.75 Å². The topological polar surface area (TPSA) is 73.2 Å². The Morgan fingerprint density at radius 3 is 2.56 bits per heavy atom. The van der Waals surface area contributed by atoms with E-state index in [4.69, 9.17) is 4.74 Å². The zero-order valence-corrected chi connectivity index (χ0v) is 18.2. The Bertz CT molecular complexity index is 1340. The number of anilines is 1. The highest BCUT2D eigenvalue weighted by Gasteiger charge is 2.20. The molecule has 1 aromatic heterocycles. The number of para-hydroxylation sites is 1. The molecule has 4 rings (SSSR count). The fraction of sp³-hybridized carbons (Fsp3) is 0.125. The lowest BCUT2D eigenvalue weighted by Crippen LogP contribution is -2.26. The van der Waals surface area contributed by atoms with Gasteiger partial charge >= 0.3 is 0 Å². The summed E-state index contributed by atoms with van der Waals surface area (Å²) < 4.78 is 20.1. The highest BCUT2D eigenvalue weighted by atomic mass is 32.2. The quantitative estimate of drug-likeness (QED) is 0.343. The van der Waals surface area contributed by atoms with Gasteiger partial charge in [0.1, 0.15) is 11.6 Å². The van der Waals surface area contributed by atoms with Crippen LogP contribution in [0.25, 0.3) is 16.6 Å².